The van der Waals surface area contributed by atoms with Crippen molar-refractivity contribution in [2.45, 2.75) is 46.1 Å². The Balaban J connectivity index is 2.44. The van der Waals surface area contributed by atoms with Gasteiger partial charge >= 0.3 is 0 Å². The SMILES string of the molecule is CN(CC(C)(C)C)C(=O)[C@@H]1CCCCN1. The molecule has 0 aliphatic carbocycles. The molecule has 1 saturated heterocycles. The second-order valence-corrected chi connectivity index (χ2v) is 5.76. The summed E-state index contributed by atoms with van der Waals surface area (Å²) in [5, 5.41) is 3.29. The molecule has 15 heavy (non-hydrogen) atoms. The van der Waals surface area contributed by atoms with E-state index in [1.54, 1.807) is 0 Å². The first-order valence-corrected chi connectivity index (χ1v) is 5.88. The minimum atomic E-state index is 0.0612. The lowest BCUT2D eigenvalue weighted by atomic mass is 9.95. The van der Waals surface area contributed by atoms with Gasteiger partial charge in [0.1, 0.15) is 0 Å². The average molecular weight is 212 g/mol. The Kier molecular flexibility index (Phi) is 4.14. The van der Waals surface area contributed by atoms with Crippen molar-refractivity contribution >= 4 is 5.91 Å². The molecule has 0 saturated carbocycles. The number of likely N-dealkylation sites (N-methyl/N-ethyl adjacent to an activating group) is 1. The smallest absolute Gasteiger partial charge is 0.239 e. The van der Waals surface area contributed by atoms with Crippen molar-refractivity contribution in [3.63, 3.8) is 0 Å². The molecule has 88 valence electrons. The minimum absolute atomic E-state index is 0.0612. The molecule has 1 amide bonds. The van der Waals surface area contributed by atoms with Gasteiger partial charge in [-0.25, -0.2) is 0 Å². The third-order valence-corrected chi connectivity index (χ3v) is 2.70. The molecular weight excluding hydrogens is 188 g/mol. The van der Waals surface area contributed by atoms with Crippen molar-refractivity contribution in [1.82, 2.24) is 10.2 Å². The first kappa shape index (κ1) is 12.5. The molecule has 0 bridgehead atoms. The first-order valence-electron chi connectivity index (χ1n) is 5.88. The fourth-order valence-corrected chi connectivity index (χ4v) is 2.12. The van der Waals surface area contributed by atoms with E-state index in [4.69, 9.17) is 0 Å². The van der Waals surface area contributed by atoms with Gasteiger partial charge in [0, 0.05) is 13.6 Å². The lowest BCUT2D eigenvalue weighted by molar-refractivity contribution is -0.133. The molecule has 0 radical (unpaired) electrons. The van der Waals surface area contributed by atoms with E-state index in [9.17, 15) is 4.79 Å². The highest BCUT2D eigenvalue weighted by Crippen LogP contribution is 2.16. The number of hydrogen-bond donors (Lipinski definition) is 1. The summed E-state index contributed by atoms with van der Waals surface area (Å²) in [6.07, 6.45) is 3.37. The highest BCUT2D eigenvalue weighted by molar-refractivity contribution is 5.81. The minimum Gasteiger partial charge on any atom is -0.344 e. The van der Waals surface area contributed by atoms with Crippen LogP contribution in [-0.4, -0.2) is 37.0 Å². The molecule has 0 aromatic carbocycles. The van der Waals surface area contributed by atoms with Gasteiger partial charge in [-0.05, 0) is 24.8 Å². The quantitative estimate of drug-likeness (QED) is 0.754. The summed E-state index contributed by atoms with van der Waals surface area (Å²) in [5.41, 5.74) is 0.180. The van der Waals surface area contributed by atoms with Crippen LogP contribution in [0, 0.1) is 5.41 Å². The highest BCUT2D eigenvalue weighted by atomic mass is 16.2. The number of nitrogens with one attached hydrogen (secondary N) is 1. The van der Waals surface area contributed by atoms with Crippen molar-refractivity contribution in [2.24, 2.45) is 5.41 Å². The molecule has 0 aromatic rings. The van der Waals surface area contributed by atoms with Gasteiger partial charge in [0.25, 0.3) is 0 Å². The zero-order valence-corrected chi connectivity index (χ0v) is 10.5. The summed E-state index contributed by atoms with van der Waals surface area (Å²) in [6, 6.07) is 0.0612. The second-order valence-electron chi connectivity index (χ2n) is 5.76. The molecule has 3 nitrogen and oxygen atoms in total. The van der Waals surface area contributed by atoms with Crippen LogP contribution in [-0.2, 0) is 4.79 Å². The van der Waals surface area contributed by atoms with Crippen LogP contribution < -0.4 is 5.32 Å². The van der Waals surface area contributed by atoms with Gasteiger partial charge < -0.3 is 10.2 Å². The van der Waals surface area contributed by atoms with E-state index in [-0.39, 0.29) is 17.4 Å². The standard InChI is InChI=1S/C12H24N2O/c1-12(2,3)9-14(4)11(15)10-7-5-6-8-13-10/h10,13H,5-9H2,1-4H3/t10-/m0/s1. The lowest BCUT2D eigenvalue weighted by Gasteiger charge is -2.31. The monoisotopic (exact) mass is 212 g/mol. The van der Waals surface area contributed by atoms with Crippen LogP contribution in [0.1, 0.15) is 40.0 Å². The first-order chi connectivity index (χ1) is 6.90. The zero-order valence-electron chi connectivity index (χ0n) is 10.5. The summed E-state index contributed by atoms with van der Waals surface area (Å²) in [4.78, 5) is 13.9. The number of hydrogen-bond acceptors (Lipinski definition) is 2. The van der Waals surface area contributed by atoms with Crippen molar-refractivity contribution < 1.29 is 4.79 Å². The van der Waals surface area contributed by atoms with Gasteiger partial charge in [0.15, 0.2) is 0 Å². The number of amides is 1. The molecule has 1 heterocycles. The van der Waals surface area contributed by atoms with Gasteiger partial charge in [0.2, 0.25) is 5.91 Å². The summed E-state index contributed by atoms with van der Waals surface area (Å²) < 4.78 is 0. The second kappa shape index (κ2) is 4.97. The van der Waals surface area contributed by atoms with Crippen molar-refractivity contribution in [3.05, 3.63) is 0 Å². The summed E-state index contributed by atoms with van der Waals surface area (Å²) in [5.74, 6) is 0.254. The van der Waals surface area contributed by atoms with E-state index in [2.05, 4.69) is 26.1 Å². The maximum absolute atomic E-state index is 12.0. The lowest BCUT2D eigenvalue weighted by Crippen LogP contribution is -2.48. The van der Waals surface area contributed by atoms with Crippen LogP contribution in [0.5, 0.6) is 0 Å². The molecule has 1 aliphatic heterocycles. The van der Waals surface area contributed by atoms with Gasteiger partial charge in [-0.2, -0.15) is 0 Å². The fourth-order valence-electron chi connectivity index (χ4n) is 2.12. The van der Waals surface area contributed by atoms with Crippen LogP contribution in [0.25, 0.3) is 0 Å². The Morgan fingerprint density at radius 2 is 2.07 bits per heavy atom. The van der Waals surface area contributed by atoms with Gasteiger partial charge in [-0.15, -0.1) is 0 Å². The van der Waals surface area contributed by atoms with Gasteiger partial charge in [-0.3, -0.25) is 4.79 Å². The van der Waals surface area contributed by atoms with Crippen molar-refractivity contribution in [1.29, 1.82) is 0 Å². The van der Waals surface area contributed by atoms with Crippen LogP contribution in [0.2, 0.25) is 0 Å². The van der Waals surface area contributed by atoms with E-state index in [1.165, 1.54) is 12.8 Å². The molecule has 1 rings (SSSR count). The number of carbonyl (C=O) groups excluding carboxylic acids is 1. The number of piperidine rings is 1. The molecule has 0 unspecified atom stereocenters. The van der Waals surface area contributed by atoms with Crippen LogP contribution in [0.3, 0.4) is 0 Å². The molecule has 1 fully saturated rings. The Bertz CT molecular complexity index is 214. The predicted octanol–water partition coefficient (Wildman–Crippen LogP) is 1.63. The molecule has 3 heteroatoms. The van der Waals surface area contributed by atoms with Crippen molar-refractivity contribution in [3.8, 4) is 0 Å². The maximum atomic E-state index is 12.0. The molecule has 1 atom stereocenters. The number of carbonyl (C=O) groups is 1. The zero-order chi connectivity index (χ0) is 11.5. The van der Waals surface area contributed by atoms with Crippen LogP contribution in [0.4, 0.5) is 0 Å². The average Bonchev–Trinajstić information content (AvgIpc) is 2.15. The Hall–Kier alpha value is -0.570. The van der Waals surface area contributed by atoms with Crippen LogP contribution in [0.15, 0.2) is 0 Å². The molecule has 1 N–H and O–H groups in total. The molecule has 0 spiro atoms. The Labute approximate surface area is 93.2 Å². The van der Waals surface area contributed by atoms with Gasteiger partial charge in [0.05, 0.1) is 6.04 Å². The topological polar surface area (TPSA) is 32.3 Å². The summed E-state index contributed by atoms with van der Waals surface area (Å²) >= 11 is 0. The largest absolute Gasteiger partial charge is 0.344 e. The predicted molar refractivity (Wildman–Crippen MR) is 62.7 cm³/mol. The molecular formula is C12H24N2O. The van der Waals surface area contributed by atoms with E-state index >= 15 is 0 Å². The van der Waals surface area contributed by atoms with E-state index < -0.39 is 0 Å². The Morgan fingerprint density at radius 3 is 2.53 bits per heavy atom. The Morgan fingerprint density at radius 1 is 1.40 bits per heavy atom. The van der Waals surface area contributed by atoms with E-state index in [0.717, 1.165) is 19.5 Å². The van der Waals surface area contributed by atoms with E-state index in [0.29, 0.717) is 0 Å². The fraction of sp³-hybridized carbons (Fsp3) is 0.917. The number of rotatable bonds is 2. The number of nitrogens with zero attached hydrogens (tertiary/aromatic N) is 1. The normalized spacial score (nSPS) is 22.5. The summed E-state index contributed by atoms with van der Waals surface area (Å²) in [6.45, 7) is 8.28. The van der Waals surface area contributed by atoms with Gasteiger partial charge in [-0.1, -0.05) is 27.2 Å². The third kappa shape index (κ3) is 4.20. The highest BCUT2D eigenvalue weighted by Gasteiger charge is 2.25. The van der Waals surface area contributed by atoms with Crippen molar-refractivity contribution in [2.75, 3.05) is 20.1 Å². The maximum Gasteiger partial charge on any atom is 0.239 e. The molecule has 1 aliphatic rings. The van der Waals surface area contributed by atoms with E-state index in [1.807, 2.05) is 11.9 Å². The molecule has 0 aromatic heterocycles. The van der Waals surface area contributed by atoms with Crippen LogP contribution >= 0.6 is 0 Å². The third-order valence-electron chi connectivity index (χ3n) is 2.70. The summed E-state index contributed by atoms with van der Waals surface area (Å²) in [7, 11) is 1.91.